The van der Waals surface area contributed by atoms with E-state index in [2.05, 4.69) is 20.3 Å². The van der Waals surface area contributed by atoms with Gasteiger partial charge in [-0.15, -0.1) is 0 Å². The Hall–Kier alpha value is -3.31. The Morgan fingerprint density at radius 1 is 1.15 bits per heavy atom. The fourth-order valence-corrected chi connectivity index (χ4v) is 5.15. The number of nitrogens with one attached hydrogen (secondary N) is 1. The molecule has 2 N–H and O–H groups in total. The molecule has 0 aromatic carbocycles. The van der Waals surface area contributed by atoms with Crippen LogP contribution in [0.1, 0.15) is 81.9 Å². The van der Waals surface area contributed by atoms with Crippen LogP contribution in [0.4, 0.5) is 11.6 Å². The highest BCUT2D eigenvalue weighted by Crippen LogP contribution is 2.36. The van der Waals surface area contributed by atoms with Gasteiger partial charge in [-0.05, 0) is 57.7 Å². The molecule has 39 heavy (non-hydrogen) atoms. The Labute approximate surface area is 229 Å². The number of carbonyl (C=O) groups excluding carboxylic acids is 1. The van der Waals surface area contributed by atoms with E-state index in [-0.39, 0.29) is 18.0 Å². The maximum absolute atomic E-state index is 12.3. The summed E-state index contributed by atoms with van der Waals surface area (Å²) in [4.78, 5) is 25.9. The second-order valence-corrected chi connectivity index (χ2v) is 13.1. The molecule has 0 saturated heterocycles. The van der Waals surface area contributed by atoms with Gasteiger partial charge >= 0.3 is 5.97 Å². The molecule has 0 aliphatic carbocycles. The lowest BCUT2D eigenvalue weighted by Gasteiger charge is -2.27. The van der Waals surface area contributed by atoms with E-state index in [9.17, 15) is 18.3 Å². The smallest absolute Gasteiger partial charge is 0.340 e. The Balaban J connectivity index is 1.71. The predicted molar refractivity (Wildman–Crippen MR) is 149 cm³/mol. The standard InChI is InChI=1S/C28H36N4O6S/c1-8-28(6,34)22-14-30-26(37-15(2)11-16(3)39(7,35)36)21-13-29-24(12-20(21)22)31-23-10-9-19-25(32-23)17(4)18(5)38-27(19)33/h9-10,12-18,34H,8,11H2,1-7H3,(H,29,31,32)/t15-,16-,17+,18+,28+/m1/s1. The minimum absolute atomic E-state index is 0.0616. The van der Waals surface area contributed by atoms with Gasteiger partial charge in [0, 0.05) is 36.6 Å². The number of aliphatic hydroxyl groups is 1. The third kappa shape index (κ3) is 5.99. The Morgan fingerprint density at radius 2 is 1.87 bits per heavy atom. The maximum atomic E-state index is 12.3. The summed E-state index contributed by atoms with van der Waals surface area (Å²) in [6, 6.07) is 5.19. The summed E-state index contributed by atoms with van der Waals surface area (Å²) < 4.78 is 35.2. The van der Waals surface area contributed by atoms with Gasteiger partial charge in [-0.2, -0.15) is 0 Å². The first-order valence-electron chi connectivity index (χ1n) is 13.1. The van der Waals surface area contributed by atoms with Gasteiger partial charge < -0.3 is 19.9 Å². The lowest BCUT2D eigenvalue weighted by molar-refractivity contribution is 0.0235. The predicted octanol–water partition coefficient (Wildman–Crippen LogP) is 4.64. The molecule has 1 aliphatic rings. The van der Waals surface area contributed by atoms with E-state index in [0.29, 0.717) is 58.0 Å². The van der Waals surface area contributed by atoms with Crippen molar-refractivity contribution in [1.29, 1.82) is 0 Å². The number of hydrogen-bond donors (Lipinski definition) is 2. The molecule has 0 spiro atoms. The molecule has 210 valence electrons. The number of fused-ring (bicyclic) bond motifs is 2. The van der Waals surface area contributed by atoms with E-state index in [1.54, 1.807) is 51.4 Å². The molecule has 10 nitrogen and oxygen atoms in total. The van der Waals surface area contributed by atoms with Crippen LogP contribution < -0.4 is 10.1 Å². The van der Waals surface area contributed by atoms with Crippen molar-refractivity contribution in [2.45, 2.75) is 83.4 Å². The quantitative estimate of drug-likeness (QED) is 0.358. The molecule has 11 heteroatoms. The van der Waals surface area contributed by atoms with Crippen LogP contribution in [-0.2, 0) is 20.2 Å². The number of pyridine rings is 3. The molecule has 1 aliphatic heterocycles. The number of ether oxygens (including phenoxy) is 2. The normalized spacial score (nSPS) is 20.5. The van der Waals surface area contributed by atoms with Crippen molar-refractivity contribution in [1.82, 2.24) is 15.0 Å². The van der Waals surface area contributed by atoms with Gasteiger partial charge in [0.2, 0.25) is 5.88 Å². The zero-order chi connectivity index (χ0) is 28.7. The third-order valence-corrected chi connectivity index (χ3v) is 9.20. The molecule has 0 unspecified atom stereocenters. The fraction of sp³-hybridized carbons (Fsp3) is 0.500. The zero-order valence-electron chi connectivity index (χ0n) is 23.3. The second kappa shape index (κ2) is 10.7. The Bertz CT molecular complexity index is 1510. The summed E-state index contributed by atoms with van der Waals surface area (Å²) in [5.74, 6) is 0.866. The SMILES string of the molecule is CC[C@](C)(O)c1cnc(O[C@H](C)C[C@@H](C)S(C)(=O)=O)c2cnc(Nc3ccc4c(n3)[C@@H](C)[C@H](C)OC4=O)cc12. The summed E-state index contributed by atoms with van der Waals surface area (Å²) in [7, 11) is -3.20. The monoisotopic (exact) mass is 556 g/mol. The van der Waals surface area contributed by atoms with Crippen LogP contribution in [0.2, 0.25) is 0 Å². The van der Waals surface area contributed by atoms with Crippen LogP contribution in [0, 0.1) is 0 Å². The first-order chi connectivity index (χ1) is 18.2. The highest BCUT2D eigenvalue weighted by atomic mass is 32.2. The number of hydrogen-bond acceptors (Lipinski definition) is 10. The number of rotatable bonds is 9. The van der Waals surface area contributed by atoms with Gasteiger partial charge in [0.15, 0.2) is 0 Å². The Morgan fingerprint density at radius 3 is 2.54 bits per heavy atom. The summed E-state index contributed by atoms with van der Waals surface area (Å²) in [6.07, 6.45) is 4.47. The Kier molecular flexibility index (Phi) is 7.86. The van der Waals surface area contributed by atoms with Gasteiger partial charge in [-0.1, -0.05) is 13.8 Å². The van der Waals surface area contributed by atoms with Crippen LogP contribution in [0.5, 0.6) is 5.88 Å². The molecule has 0 amide bonds. The summed E-state index contributed by atoms with van der Waals surface area (Å²) in [5.41, 5.74) is 0.565. The number of sulfone groups is 1. The number of nitrogens with zero attached hydrogens (tertiary/aromatic N) is 3. The molecule has 4 rings (SSSR count). The van der Waals surface area contributed by atoms with E-state index in [4.69, 9.17) is 9.47 Å². The van der Waals surface area contributed by atoms with Gasteiger partial charge in [0.1, 0.15) is 27.6 Å². The van der Waals surface area contributed by atoms with E-state index >= 15 is 0 Å². The van der Waals surface area contributed by atoms with Crippen molar-refractivity contribution >= 4 is 38.2 Å². The van der Waals surface area contributed by atoms with E-state index in [0.717, 1.165) is 0 Å². The molecule has 3 aromatic heterocycles. The number of anilines is 2. The average Bonchev–Trinajstić information content (AvgIpc) is 2.86. The summed E-state index contributed by atoms with van der Waals surface area (Å²) in [5, 5.41) is 15.1. The second-order valence-electron chi connectivity index (χ2n) is 10.7. The summed E-state index contributed by atoms with van der Waals surface area (Å²) >= 11 is 0. The molecule has 3 aromatic rings. The zero-order valence-corrected chi connectivity index (χ0v) is 24.2. The minimum atomic E-state index is -3.20. The highest BCUT2D eigenvalue weighted by molar-refractivity contribution is 7.91. The van der Waals surface area contributed by atoms with Gasteiger partial charge in [-0.25, -0.2) is 28.2 Å². The maximum Gasteiger partial charge on any atom is 0.340 e. The first kappa shape index (κ1) is 28.7. The highest BCUT2D eigenvalue weighted by Gasteiger charge is 2.32. The van der Waals surface area contributed by atoms with Crippen LogP contribution in [0.25, 0.3) is 10.8 Å². The minimum Gasteiger partial charge on any atom is -0.474 e. The lowest BCUT2D eigenvalue weighted by atomic mass is 9.91. The van der Waals surface area contributed by atoms with Crippen molar-refractivity contribution < 1.29 is 27.8 Å². The topological polar surface area (TPSA) is 141 Å². The molecular weight excluding hydrogens is 520 g/mol. The third-order valence-electron chi connectivity index (χ3n) is 7.54. The van der Waals surface area contributed by atoms with Crippen LogP contribution in [0.3, 0.4) is 0 Å². The number of aromatic nitrogens is 3. The molecule has 0 saturated carbocycles. The molecule has 4 heterocycles. The lowest BCUT2D eigenvalue weighted by Crippen LogP contribution is -2.29. The molecular formula is C28H36N4O6S. The van der Waals surface area contributed by atoms with E-state index < -0.39 is 26.8 Å². The van der Waals surface area contributed by atoms with Crippen molar-refractivity contribution in [3.8, 4) is 5.88 Å². The average molecular weight is 557 g/mol. The molecule has 0 bridgehead atoms. The first-order valence-corrected chi connectivity index (χ1v) is 15.0. The van der Waals surface area contributed by atoms with E-state index in [1.807, 2.05) is 20.8 Å². The number of cyclic esters (lactones) is 1. The van der Waals surface area contributed by atoms with Crippen molar-refractivity contribution in [2.24, 2.45) is 0 Å². The molecule has 0 radical (unpaired) electrons. The van der Waals surface area contributed by atoms with Gasteiger partial charge in [0.05, 0.1) is 33.6 Å². The van der Waals surface area contributed by atoms with Crippen LogP contribution in [0.15, 0.2) is 30.6 Å². The number of carbonyl (C=O) groups is 1. The van der Waals surface area contributed by atoms with Gasteiger partial charge in [0.25, 0.3) is 0 Å². The molecule has 5 atom stereocenters. The van der Waals surface area contributed by atoms with Crippen molar-refractivity contribution in [3.05, 3.63) is 47.4 Å². The number of esters is 1. The largest absolute Gasteiger partial charge is 0.474 e. The van der Waals surface area contributed by atoms with Gasteiger partial charge in [-0.3, -0.25) is 0 Å². The fourth-order valence-electron chi connectivity index (χ4n) is 4.53. The van der Waals surface area contributed by atoms with Crippen molar-refractivity contribution in [3.63, 3.8) is 0 Å². The van der Waals surface area contributed by atoms with E-state index in [1.165, 1.54) is 6.26 Å². The molecule has 0 fully saturated rings. The van der Waals surface area contributed by atoms with Crippen molar-refractivity contribution in [2.75, 3.05) is 11.6 Å². The van der Waals surface area contributed by atoms with Crippen LogP contribution in [-0.4, -0.2) is 58.2 Å². The van der Waals surface area contributed by atoms with Crippen LogP contribution >= 0.6 is 0 Å². The summed E-state index contributed by atoms with van der Waals surface area (Å²) in [6.45, 7) is 10.9.